The molecule has 1 aliphatic heterocycles. The molecule has 1 aromatic rings. The molecule has 0 aliphatic carbocycles. The molecular formula is C17H32IN5. The maximum atomic E-state index is 4.84. The predicted octanol–water partition coefficient (Wildman–Crippen LogP) is 3.21. The molecule has 1 aliphatic rings. The number of nitrogens with one attached hydrogen (secondary N) is 2. The van der Waals surface area contributed by atoms with Gasteiger partial charge in [0.05, 0.1) is 6.20 Å². The van der Waals surface area contributed by atoms with Crippen molar-refractivity contribution in [3.8, 4) is 0 Å². The number of aromatic nitrogens is 2. The smallest absolute Gasteiger partial charge is 0.193 e. The van der Waals surface area contributed by atoms with Gasteiger partial charge in [-0.1, -0.05) is 13.8 Å². The summed E-state index contributed by atoms with van der Waals surface area (Å²) in [6.07, 6.45) is 5.36. The highest BCUT2D eigenvalue weighted by atomic mass is 127. The lowest BCUT2D eigenvalue weighted by Gasteiger charge is -2.37. The van der Waals surface area contributed by atoms with Gasteiger partial charge in [0.2, 0.25) is 0 Å². The number of hydrogen-bond donors (Lipinski definition) is 2. The SMILES string of the molecule is CCNC(=NCCCc1cn[nH]c1C)N1CC(C)CC(C)C1.I. The number of likely N-dealkylation sites (tertiary alicyclic amines) is 1. The van der Waals surface area contributed by atoms with E-state index in [-0.39, 0.29) is 24.0 Å². The topological polar surface area (TPSA) is 56.3 Å². The average molecular weight is 433 g/mol. The fourth-order valence-corrected chi connectivity index (χ4v) is 3.34. The van der Waals surface area contributed by atoms with E-state index in [4.69, 9.17) is 4.99 Å². The van der Waals surface area contributed by atoms with Crippen molar-refractivity contribution in [1.29, 1.82) is 0 Å². The van der Waals surface area contributed by atoms with E-state index >= 15 is 0 Å². The number of piperidine rings is 1. The van der Waals surface area contributed by atoms with Crippen molar-refractivity contribution in [1.82, 2.24) is 20.4 Å². The van der Waals surface area contributed by atoms with Gasteiger partial charge in [-0.15, -0.1) is 24.0 Å². The number of aromatic amines is 1. The second-order valence-electron chi connectivity index (χ2n) is 6.71. The fraction of sp³-hybridized carbons (Fsp3) is 0.765. The lowest BCUT2D eigenvalue weighted by molar-refractivity contribution is 0.208. The molecule has 1 fully saturated rings. The molecule has 0 amide bonds. The lowest BCUT2D eigenvalue weighted by atomic mass is 9.92. The number of nitrogens with zero attached hydrogens (tertiary/aromatic N) is 3. The van der Waals surface area contributed by atoms with Crippen LogP contribution in [-0.2, 0) is 6.42 Å². The first-order valence-corrected chi connectivity index (χ1v) is 8.62. The normalized spacial score (nSPS) is 21.9. The van der Waals surface area contributed by atoms with E-state index in [1.54, 1.807) is 0 Å². The molecule has 0 bridgehead atoms. The van der Waals surface area contributed by atoms with Gasteiger partial charge in [0.15, 0.2) is 5.96 Å². The van der Waals surface area contributed by atoms with Crippen LogP contribution in [0, 0.1) is 18.8 Å². The Morgan fingerprint density at radius 2 is 2.09 bits per heavy atom. The van der Waals surface area contributed by atoms with E-state index in [2.05, 4.69) is 48.1 Å². The molecule has 6 heteroatoms. The Morgan fingerprint density at radius 3 is 2.65 bits per heavy atom. The van der Waals surface area contributed by atoms with Crippen molar-refractivity contribution in [2.24, 2.45) is 16.8 Å². The number of halogens is 1. The average Bonchev–Trinajstić information content (AvgIpc) is 2.86. The van der Waals surface area contributed by atoms with E-state index < -0.39 is 0 Å². The largest absolute Gasteiger partial charge is 0.357 e. The van der Waals surface area contributed by atoms with Gasteiger partial charge < -0.3 is 10.2 Å². The number of aliphatic imine (C=N–C) groups is 1. The van der Waals surface area contributed by atoms with Crippen molar-refractivity contribution in [3.63, 3.8) is 0 Å². The molecule has 1 aromatic heterocycles. The quantitative estimate of drug-likeness (QED) is 0.325. The molecule has 5 nitrogen and oxygen atoms in total. The summed E-state index contributed by atoms with van der Waals surface area (Å²) in [5, 5.41) is 10.5. The van der Waals surface area contributed by atoms with Gasteiger partial charge in [-0.05, 0) is 50.5 Å². The molecule has 2 rings (SSSR count). The molecule has 0 aromatic carbocycles. The molecule has 0 saturated carbocycles. The Hall–Kier alpha value is -0.790. The van der Waals surface area contributed by atoms with E-state index in [1.807, 2.05) is 6.20 Å². The second kappa shape index (κ2) is 10.2. The first-order valence-electron chi connectivity index (χ1n) is 8.62. The number of guanidine groups is 1. The molecule has 1 saturated heterocycles. The Bertz CT molecular complexity index is 475. The van der Waals surface area contributed by atoms with Gasteiger partial charge >= 0.3 is 0 Å². The standard InChI is InChI=1S/C17H31N5.HI/c1-5-18-17(22-11-13(2)9-14(3)12-22)19-8-6-7-16-10-20-21-15(16)4;/h10,13-14H,5-9,11-12H2,1-4H3,(H,18,19)(H,20,21);1H. The van der Waals surface area contributed by atoms with Crippen LogP contribution in [-0.4, -0.2) is 47.2 Å². The highest BCUT2D eigenvalue weighted by Gasteiger charge is 2.23. The number of hydrogen-bond acceptors (Lipinski definition) is 2. The highest BCUT2D eigenvalue weighted by Crippen LogP contribution is 2.20. The van der Waals surface area contributed by atoms with Crippen LogP contribution in [0.15, 0.2) is 11.2 Å². The van der Waals surface area contributed by atoms with Crippen LogP contribution in [0.25, 0.3) is 0 Å². The highest BCUT2D eigenvalue weighted by molar-refractivity contribution is 14.0. The number of aryl methyl sites for hydroxylation is 2. The van der Waals surface area contributed by atoms with E-state index in [9.17, 15) is 0 Å². The van der Waals surface area contributed by atoms with Crippen LogP contribution < -0.4 is 5.32 Å². The third-order valence-electron chi connectivity index (χ3n) is 4.30. The van der Waals surface area contributed by atoms with Gasteiger partial charge in [0.25, 0.3) is 0 Å². The number of H-pyrrole nitrogens is 1. The molecule has 2 heterocycles. The summed E-state index contributed by atoms with van der Waals surface area (Å²) in [5.41, 5.74) is 2.48. The van der Waals surface area contributed by atoms with Crippen molar-refractivity contribution in [3.05, 3.63) is 17.5 Å². The molecule has 132 valence electrons. The van der Waals surface area contributed by atoms with Gasteiger partial charge in [-0.25, -0.2) is 0 Å². The maximum absolute atomic E-state index is 4.84. The third kappa shape index (κ3) is 6.31. The Kier molecular flexibility index (Phi) is 8.94. The summed E-state index contributed by atoms with van der Waals surface area (Å²) in [7, 11) is 0. The molecule has 0 spiro atoms. The van der Waals surface area contributed by atoms with Crippen LogP contribution >= 0.6 is 24.0 Å². The maximum Gasteiger partial charge on any atom is 0.193 e. The summed E-state index contributed by atoms with van der Waals surface area (Å²) < 4.78 is 0. The minimum absolute atomic E-state index is 0. The summed E-state index contributed by atoms with van der Waals surface area (Å²) in [4.78, 5) is 7.27. The lowest BCUT2D eigenvalue weighted by Crippen LogP contribution is -2.48. The van der Waals surface area contributed by atoms with Crippen LogP contribution in [0.5, 0.6) is 0 Å². The molecule has 23 heavy (non-hydrogen) atoms. The Morgan fingerprint density at radius 1 is 1.39 bits per heavy atom. The third-order valence-corrected chi connectivity index (χ3v) is 4.30. The van der Waals surface area contributed by atoms with Crippen LogP contribution in [0.2, 0.25) is 0 Å². The number of rotatable bonds is 5. The predicted molar refractivity (Wildman–Crippen MR) is 108 cm³/mol. The minimum Gasteiger partial charge on any atom is -0.357 e. The van der Waals surface area contributed by atoms with Crippen LogP contribution in [0.4, 0.5) is 0 Å². The molecule has 2 N–H and O–H groups in total. The Balaban J connectivity index is 0.00000264. The van der Waals surface area contributed by atoms with Crippen molar-refractivity contribution in [2.45, 2.75) is 47.0 Å². The minimum atomic E-state index is 0. The van der Waals surface area contributed by atoms with Crippen LogP contribution in [0.1, 0.15) is 44.9 Å². The fourth-order valence-electron chi connectivity index (χ4n) is 3.34. The Labute approximate surface area is 157 Å². The van der Waals surface area contributed by atoms with Crippen molar-refractivity contribution < 1.29 is 0 Å². The van der Waals surface area contributed by atoms with Gasteiger partial charge in [-0.2, -0.15) is 5.10 Å². The summed E-state index contributed by atoms with van der Waals surface area (Å²) >= 11 is 0. The van der Waals surface area contributed by atoms with Crippen molar-refractivity contribution >= 4 is 29.9 Å². The first-order chi connectivity index (χ1) is 10.6. The van der Waals surface area contributed by atoms with E-state index in [1.165, 1.54) is 17.7 Å². The zero-order valence-electron chi connectivity index (χ0n) is 14.9. The monoisotopic (exact) mass is 433 g/mol. The molecule has 2 unspecified atom stereocenters. The van der Waals surface area contributed by atoms with Crippen molar-refractivity contribution in [2.75, 3.05) is 26.2 Å². The second-order valence-corrected chi connectivity index (χ2v) is 6.71. The summed E-state index contributed by atoms with van der Waals surface area (Å²) in [6, 6.07) is 0. The zero-order chi connectivity index (χ0) is 15.9. The van der Waals surface area contributed by atoms with Crippen LogP contribution in [0.3, 0.4) is 0 Å². The molecule has 2 atom stereocenters. The summed E-state index contributed by atoms with van der Waals surface area (Å²) in [5.74, 6) is 2.59. The molecule has 0 radical (unpaired) electrons. The van der Waals surface area contributed by atoms with E-state index in [0.717, 1.165) is 56.8 Å². The molecular weight excluding hydrogens is 401 g/mol. The first kappa shape index (κ1) is 20.3. The van der Waals surface area contributed by atoms with Gasteiger partial charge in [0, 0.05) is 31.9 Å². The van der Waals surface area contributed by atoms with Gasteiger partial charge in [0.1, 0.15) is 0 Å². The zero-order valence-corrected chi connectivity index (χ0v) is 17.3. The van der Waals surface area contributed by atoms with E-state index in [0.29, 0.717) is 0 Å². The summed E-state index contributed by atoms with van der Waals surface area (Å²) in [6.45, 7) is 12.9. The van der Waals surface area contributed by atoms with Gasteiger partial charge in [-0.3, -0.25) is 10.1 Å².